The fourth-order valence-corrected chi connectivity index (χ4v) is 2.24. The smallest absolute Gasteiger partial charge is 0.207 e. The Morgan fingerprint density at radius 3 is 2.81 bits per heavy atom. The molecule has 1 fully saturated rings. The monoisotopic (exact) mass is 217 g/mol. The fraction of sp³-hybridized carbons (Fsp3) is 0.500. The number of benzene rings is 1. The summed E-state index contributed by atoms with van der Waals surface area (Å²) in [5.41, 5.74) is 1.43. The van der Waals surface area contributed by atoms with Gasteiger partial charge >= 0.3 is 0 Å². The molecule has 0 unspecified atom stereocenters. The van der Waals surface area contributed by atoms with Gasteiger partial charge in [0.25, 0.3) is 0 Å². The quantitative estimate of drug-likeness (QED) is 0.552. The van der Waals surface area contributed by atoms with Gasteiger partial charge in [0.15, 0.2) is 0 Å². The van der Waals surface area contributed by atoms with Gasteiger partial charge in [-0.2, -0.15) is 0 Å². The molecule has 1 N–H and O–H groups in total. The molecule has 2 heteroatoms. The topological polar surface area (TPSA) is 29.1 Å². The molecule has 0 aromatic heterocycles. The van der Waals surface area contributed by atoms with Gasteiger partial charge in [-0.05, 0) is 37.2 Å². The maximum atomic E-state index is 10.2. The van der Waals surface area contributed by atoms with Crippen molar-refractivity contribution in [2.24, 2.45) is 5.92 Å². The van der Waals surface area contributed by atoms with Crippen LogP contribution in [0.2, 0.25) is 0 Å². The molecule has 0 heterocycles. The molecule has 1 aliphatic rings. The van der Waals surface area contributed by atoms with Crippen LogP contribution in [0.5, 0.6) is 0 Å². The van der Waals surface area contributed by atoms with Gasteiger partial charge in [-0.3, -0.25) is 4.79 Å². The van der Waals surface area contributed by atoms with E-state index in [0.717, 1.165) is 12.3 Å². The Balaban J connectivity index is 1.55. The molecule has 0 saturated heterocycles. The van der Waals surface area contributed by atoms with Crippen LogP contribution in [0.25, 0.3) is 0 Å². The number of hydrogen-bond acceptors (Lipinski definition) is 1. The van der Waals surface area contributed by atoms with Gasteiger partial charge in [0.2, 0.25) is 6.41 Å². The van der Waals surface area contributed by atoms with Crippen molar-refractivity contribution >= 4 is 6.41 Å². The predicted molar refractivity (Wildman–Crippen MR) is 65.1 cm³/mol. The minimum Gasteiger partial charge on any atom is -0.356 e. The first-order valence-electron chi connectivity index (χ1n) is 6.14. The lowest BCUT2D eigenvalue weighted by Gasteiger charge is -2.01. The van der Waals surface area contributed by atoms with Crippen LogP contribution in [0.3, 0.4) is 0 Å². The van der Waals surface area contributed by atoms with Crippen molar-refractivity contribution in [2.75, 3.05) is 0 Å². The maximum absolute atomic E-state index is 10.2. The third-order valence-electron chi connectivity index (χ3n) is 3.34. The molecule has 0 radical (unpaired) electrons. The normalized spacial score (nSPS) is 22.8. The summed E-state index contributed by atoms with van der Waals surface area (Å²) >= 11 is 0. The van der Waals surface area contributed by atoms with E-state index < -0.39 is 0 Å². The minimum atomic E-state index is 0.481. The summed E-state index contributed by atoms with van der Waals surface area (Å²) in [5, 5.41) is 2.85. The first kappa shape index (κ1) is 11.2. The van der Waals surface area contributed by atoms with Crippen molar-refractivity contribution in [3.63, 3.8) is 0 Å². The van der Waals surface area contributed by atoms with Crippen molar-refractivity contribution in [2.45, 2.75) is 38.1 Å². The van der Waals surface area contributed by atoms with Crippen molar-refractivity contribution in [3.05, 3.63) is 35.9 Å². The van der Waals surface area contributed by atoms with E-state index in [9.17, 15) is 4.79 Å². The zero-order chi connectivity index (χ0) is 11.2. The van der Waals surface area contributed by atoms with E-state index in [1.165, 1.54) is 37.7 Å². The molecule has 1 aliphatic carbocycles. The molecule has 86 valence electrons. The summed E-state index contributed by atoms with van der Waals surface area (Å²) < 4.78 is 0. The Morgan fingerprint density at radius 1 is 1.25 bits per heavy atom. The fourth-order valence-electron chi connectivity index (χ4n) is 2.24. The van der Waals surface area contributed by atoms with Crippen molar-refractivity contribution in [1.82, 2.24) is 5.32 Å². The average Bonchev–Trinajstić information content (AvgIpc) is 3.05. The summed E-state index contributed by atoms with van der Waals surface area (Å²) in [5.74, 6) is 0.751. The lowest BCUT2D eigenvalue weighted by molar-refractivity contribution is -0.109. The van der Waals surface area contributed by atoms with Crippen molar-refractivity contribution in [1.29, 1.82) is 0 Å². The lowest BCUT2D eigenvalue weighted by atomic mass is 10.1. The summed E-state index contributed by atoms with van der Waals surface area (Å²) in [6.45, 7) is 0. The molecular formula is C14H19NO. The van der Waals surface area contributed by atoms with E-state index in [-0.39, 0.29) is 0 Å². The summed E-state index contributed by atoms with van der Waals surface area (Å²) in [6.07, 6.45) is 6.99. The molecule has 2 atom stereocenters. The van der Waals surface area contributed by atoms with E-state index in [4.69, 9.17) is 0 Å². The van der Waals surface area contributed by atoms with Crippen LogP contribution in [-0.4, -0.2) is 12.5 Å². The van der Waals surface area contributed by atoms with Crippen molar-refractivity contribution in [3.8, 4) is 0 Å². The highest BCUT2D eigenvalue weighted by Gasteiger charge is 2.35. The first-order valence-corrected chi connectivity index (χ1v) is 6.14. The lowest BCUT2D eigenvalue weighted by Crippen LogP contribution is -2.15. The predicted octanol–water partition coefficient (Wildman–Crippen LogP) is 2.53. The largest absolute Gasteiger partial charge is 0.356 e. The first-order chi connectivity index (χ1) is 7.90. The van der Waals surface area contributed by atoms with Gasteiger partial charge in [-0.15, -0.1) is 0 Å². The van der Waals surface area contributed by atoms with Crippen LogP contribution in [-0.2, 0) is 11.2 Å². The summed E-state index contributed by atoms with van der Waals surface area (Å²) in [7, 11) is 0. The van der Waals surface area contributed by atoms with Gasteiger partial charge in [-0.1, -0.05) is 36.8 Å². The van der Waals surface area contributed by atoms with Gasteiger partial charge in [0.1, 0.15) is 0 Å². The number of aryl methyl sites for hydroxylation is 1. The number of unbranched alkanes of at least 4 members (excludes halogenated alkanes) is 1. The Morgan fingerprint density at radius 2 is 2.06 bits per heavy atom. The maximum Gasteiger partial charge on any atom is 0.207 e. The number of carbonyl (C=O) groups excluding carboxylic acids is 1. The Hall–Kier alpha value is -1.31. The Kier molecular flexibility index (Phi) is 3.97. The SMILES string of the molecule is O=CN[C@H]1C[C@@H]1CCCCc1ccccc1. The highest BCUT2D eigenvalue weighted by atomic mass is 16.1. The van der Waals surface area contributed by atoms with Gasteiger partial charge in [-0.25, -0.2) is 0 Å². The number of nitrogens with one attached hydrogen (secondary N) is 1. The van der Waals surface area contributed by atoms with Crippen LogP contribution >= 0.6 is 0 Å². The Labute approximate surface area is 97.1 Å². The molecule has 1 saturated carbocycles. The van der Waals surface area contributed by atoms with Crippen molar-refractivity contribution < 1.29 is 4.79 Å². The molecule has 0 aliphatic heterocycles. The zero-order valence-corrected chi connectivity index (χ0v) is 9.56. The standard InChI is InChI=1S/C14H19NO/c16-11-15-14-10-13(14)9-5-4-8-12-6-2-1-3-7-12/h1-3,6-7,11,13-14H,4-5,8-10H2,(H,15,16)/t13-,14-/m0/s1. The van der Waals surface area contributed by atoms with E-state index >= 15 is 0 Å². The highest BCUT2D eigenvalue weighted by Crippen LogP contribution is 2.34. The zero-order valence-electron chi connectivity index (χ0n) is 9.56. The summed E-state index contributed by atoms with van der Waals surface area (Å²) in [4.78, 5) is 10.2. The molecule has 0 spiro atoms. The van der Waals surface area contributed by atoms with Gasteiger partial charge in [0.05, 0.1) is 0 Å². The molecule has 16 heavy (non-hydrogen) atoms. The van der Waals surface area contributed by atoms with Crippen LogP contribution in [0, 0.1) is 5.92 Å². The number of hydrogen-bond donors (Lipinski definition) is 1. The van der Waals surface area contributed by atoms with Crippen LogP contribution < -0.4 is 5.32 Å². The third kappa shape index (κ3) is 3.37. The average molecular weight is 217 g/mol. The van der Waals surface area contributed by atoms with Gasteiger partial charge < -0.3 is 5.32 Å². The van der Waals surface area contributed by atoms with E-state index in [2.05, 4.69) is 35.6 Å². The molecule has 1 aromatic rings. The molecule has 2 nitrogen and oxygen atoms in total. The van der Waals surface area contributed by atoms with E-state index in [1.807, 2.05) is 0 Å². The second kappa shape index (κ2) is 5.69. The second-order valence-corrected chi connectivity index (χ2v) is 4.62. The molecule has 0 bridgehead atoms. The number of carbonyl (C=O) groups is 1. The minimum absolute atomic E-state index is 0.481. The molecule has 1 amide bonds. The van der Waals surface area contributed by atoms with E-state index in [1.54, 1.807) is 0 Å². The third-order valence-corrected chi connectivity index (χ3v) is 3.34. The number of rotatable bonds is 7. The van der Waals surface area contributed by atoms with Crippen LogP contribution in [0.4, 0.5) is 0 Å². The van der Waals surface area contributed by atoms with Gasteiger partial charge in [0, 0.05) is 6.04 Å². The second-order valence-electron chi connectivity index (χ2n) is 4.62. The molecule has 2 rings (SSSR count). The Bertz CT molecular complexity index is 323. The molecule has 1 aromatic carbocycles. The summed E-state index contributed by atoms with van der Waals surface area (Å²) in [6, 6.07) is 11.1. The highest BCUT2D eigenvalue weighted by molar-refractivity contribution is 5.47. The van der Waals surface area contributed by atoms with E-state index in [0.29, 0.717) is 6.04 Å². The molecular weight excluding hydrogens is 198 g/mol. The number of amides is 1. The van der Waals surface area contributed by atoms with Crippen LogP contribution in [0.1, 0.15) is 31.2 Å². The van der Waals surface area contributed by atoms with Crippen LogP contribution in [0.15, 0.2) is 30.3 Å².